The Balaban J connectivity index is 1.69. The molecule has 8 nitrogen and oxygen atoms in total. The molecule has 2 aliphatic heterocycles. The van der Waals surface area contributed by atoms with Gasteiger partial charge in [0.2, 0.25) is 0 Å². The number of carbonyl (C=O) groups excluding carboxylic acids is 3. The van der Waals surface area contributed by atoms with Crippen LogP contribution in [0.5, 0.6) is 0 Å². The summed E-state index contributed by atoms with van der Waals surface area (Å²) in [5, 5.41) is 3.93. The van der Waals surface area contributed by atoms with Crippen LogP contribution in [-0.2, 0) is 11.8 Å². The largest absolute Gasteiger partial charge is 0.334 e. The van der Waals surface area contributed by atoms with Crippen molar-refractivity contribution in [3.63, 3.8) is 0 Å². The van der Waals surface area contributed by atoms with Crippen LogP contribution in [-0.4, -0.2) is 57.9 Å². The van der Waals surface area contributed by atoms with Gasteiger partial charge in [0.1, 0.15) is 11.2 Å². The number of likely N-dealkylation sites (tertiary alicyclic amines) is 1. The number of rotatable bonds is 1. The molecule has 1 atom stereocenters. The van der Waals surface area contributed by atoms with E-state index in [1.165, 1.54) is 16.5 Å². The number of hydrogen-bond acceptors (Lipinski definition) is 4. The average Bonchev–Trinajstić information content (AvgIpc) is 3.15. The van der Waals surface area contributed by atoms with Crippen molar-refractivity contribution < 1.29 is 14.4 Å². The molecular weight excluding hydrogens is 336 g/mol. The summed E-state index contributed by atoms with van der Waals surface area (Å²) < 4.78 is 1.33. The highest BCUT2D eigenvalue weighted by molar-refractivity contribution is 6.08. The average molecular weight is 354 g/mol. The molecule has 0 bridgehead atoms. The Kier molecular flexibility index (Phi) is 3.40. The van der Waals surface area contributed by atoms with Crippen LogP contribution in [0.15, 0.2) is 35.1 Å². The minimum absolute atomic E-state index is 0.0990. The minimum Gasteiger partial charge on any atom is -0.334 e. The van der Waals surface area contributed by atoms with Crippen molar-refractivity contribution >= 4 is 28.6 Å². The van der Waals surface area contributed by atoms with Crippen LogP contribution in [0.25, 0.3) is 10.8 Å². The van der Waals surface area contributed by atoms with E-state index in [0.29, 0.717) is 23.7 Å². The fourth-order valence-electron chi connectivity index (χ4n) is 3.73. The Morgan fingerprint density at radius 3 is 2.58 bits per heavy atom. The van der Waals surface area contributed by atoms with Gasteiger partial charge in [-0.2, -0.15) is 0 Å². The summed E-state index contributed by atoms with van der Waals surface area (Å²) in [7, 11) is 2.98. The van der Waals surface area contributed by atoms with E-state index >= 15 is 0 Å². The zero-order valence-corrected chi connectivity index (χ0v) is 14.5. The molecule has 1 N–H and O–H groups in total. The first kappa shape index (κ1) is 16.3. The number of nitrogens with one attached hydrogen (secondary N) is 1. The Bertz CT molecular complexity index is 1030. The number of fused-ring (bicyclic) bond motifs is 1. The molecule has 2 saturated heterocycles. The molecule has 8 heteroatoms. The van der Waals surface area contributed by atoms with Gasteiger partial charge in [-0.25, -0.2) is 4.79 Å². The highest BCUT2D eigenvalue weighted by Gasteiger charge is 2.54. The van der Waals surface area contributed by atoms with Crippen LogP contribution < -0.4 is 10.9 Å². The second-order valence-electron chi connectivity index (χ2n) is 6.83. The van der Waals surface area contributed by atoms with Crippen molar-refractivity contribution in [3.8, 4) is 0 Å². The van der Waals surface area contributed by atoms with Crippen molar-refractivity contribution in [2.75, 3.05) is 20.1 Å². The lowest BCUT2D eigenvalue weighted by Gasteiger charge is -2.22. The maximum absolute atomic E-state index is 13.0. The smallest absolute Gasteiger partial charge is 0.324 e. The standard InChI is InChI=1S/C18H18N4O4/c1-20-13(9-11-5-3-4-6-12(11)14(20)23)15(24)22-8-7-18(10-22)16(25)21(2)17(26)19-18/h3-6,9H,7-8,10H2,1-2H3,(H,19,26). The van der Waals surface area contributed by atoms with Gasteiger partial charge in [0, 0.05) is 26.0 Å². The molecule has 1 aromatic carbocycles. The lowest BCUT2D eigenvalue weighted by molar-refractivity contribution is -0.129. The lowest BCUT2D eigenvalue weighted by atomic mass is 9.99. The summed E-state index contributed by atoms with van der Waals surface area (Å²) in [6.07, 6.45) is 0.356. The van der Waals surface area contributed by atoms with Crippen LogP contribution in [0, 0.1) is 0 Å². The first-order chi connectivity index (χ1) is 12.3. The number of pyridine rings is 1. The SMILES string of the molecule is CN1C(=O)NC2(CCN(C(=O)c3cc4ccccc4c(=O)n3C)C2)C1=O. The summed E-state index contributed by atoms with van der Waals surface area (Å²) >= 11 is 0. The fraction of sp³-hybridized carbons (Fsp3) is 0.333. The maximum Gasteiger partial charge on any atom is 0.324 e. The van der Waals surface area contributed by atoms with Crippen LogP contribution in [0.3, 0.4) is 0 Å². The van der Waals surface area contributed by atoms with Gasteiger partial charge in [-0.05, 0) is 23.9 Å². The van der Waals surface area contributed by atoms with Crippen molar-refractivity contribution in [2.45, 2.75) is 12.0 Å². The lowest BCUT2D eigenvalue weighted by Crippen LogP contribution is -2.50. The van der Waals surface area contributed by atoms with Crippen molar-refractivity contribution in [3.05, 3.63) is 46.4 Å². The number of benzene rings is 1. The summed E-state index contributed by atoms with van der Waals surface area (Å²) in [5.41, 5.74) is -1.04. The van der Waals surface area contributed by atoms with Gasteiger partial charge in [-0.15, -0.1) is 0 Å². The zero-order chi connectivity index (χ0) is 18.6. The van der Waals surface area contributed by atoms with E-state index in [9.17, 15) is 19.2 Å². The molecule has 0 saturated carbocycles. The molecule has 2 aliphatic rings. The summed E-state index contributed by atoms with van der Waals surface area (Å²) in [5.74, 6) is -0.658. The second kappa shape index (κ2) is 5.42. The third-order valence-corrected chi connectivity index (χ3v) is 5.29. The van der Waals surface area contributed by atoms with Gasteiger partial charge in [-0.3, -0.25) is 19.3 Å². The molecule has 2 fully saturated rings. The molecular formula is C18H18N4O4. The molecule has 0 aliphatic carbocycles. The molecule has 2 aromatic rings. The number of aromatic nitrogens is 1. The predicted molar refractivity (Wildman–Crippen MR) is 93.7 cm³/mol. The van der Waals surface area contributed by atoms with Gasteiger partial charge < -0.3 is 14.8 Å². The van der Waals surface area contributed by atoms with E-state index in [0.717, 1.165) is 4.90 Å². The van der Waals surface area contributed by atoms with Gasteiger partial charge in [0.15, 0.2) is 0 Å². The van der Waals surface area contributed by atoms with E-state index in [4.69, 9.17) is 0 Å². The molecule has 26 heavy (non-hydrogen) atoms. The summed E-state index contributed by atoms with van der Waals surface area (Å²) in [6.45, 7) is 0.432. The van der Waals surface area contributed by atoms with Crippen molar-refractivity contribution in [2.24, 2.45) is 7.05 Å². The number of carbonyl (C=O) groups is 3. The number of amides is 4. The zero-order valence-electron chi connectivity index (χ0n) is 14.5. The van der Waals surface area contributed by atoms with Gasteiger partial charge in [0.25, 0.3) is 17.4 Å². The number of nitrogens with zero attached hydrogens (tertiary/aromatic N) is 3. The highest BCUT2D eigenvalue weighted by atomic mass is 16.2. The van der Waals surface area contributed by atoms with Crippen molar-refractivity contribution in [1.82, 2.24) is 19.7 Å². The topological polar surface area (TPSA) is 91.7 Å². The monoisotopic (exact) mass is 354 g/mol. The molecule has 1 spiro atoms. The molecule has 4 rings (SSSR count). The third-order valence-electron chi connectivity index (χ3n) is 5.29. The normalized spacial score (nSPS) is 22.5. The van der Waals surface area contributed by atoms with E-state index in [-0.39, 0.29) is 29.6 Å². The first-order valence-corrected chi connectivity index (χ1v) is 8.32. The predicted octanol–water partition coefficient (Wildman–Crippen LogP) is 0.305. The fourth-order valence-corrected chi connectivity index (χ4v) is 3.73. The molecule has 1 aromatic heterocycles. The van der Waals surface area contributed by atoms with Crippen LogP contribution in [0.1, 0.15) is 16.9 Å². The highest BCUT2D eigenvalue weighted by Crippen LogP contribution is 2.29. The Hall–Kier alpha value is -3.16. The Morgan fingerprint density at radius 1 is 1.15 bits per heavy atom. The first-order valence-electron chi connectivity index (χ1n) is 8.32. The molecule has 0 radical (unpaired) electrons. The molecule has 3 heterocycles. The number of hydrogen-bond donors (Lipinski definition) is 1. The Morgan fingerprint density at radius 2 is 1.88 bits per heavy atom. The summed E-state index contributed by atoms with van der Waals surface area (Å²) in [4.78, 5) is 52.3. The summed E-state index contributed by atoms with van der Waals surface area (Å²) in [6, 6.07) is 8.32. The van der Waals surface area contributed by atoms with Gasteiger partial charge >= 0.3 is 6.03 Å². The van der Waals surface area contributed by atoms with E-state index in [1.807, 2.05) is 6.07 Å². The number of likely N-dealkylation sites (N-methyl/N-ethyl adjacent to an activating group) is 1. The van der Waals surface area contributed by atoms with Gasteiger partial charge in [0.05, 0.1) is 6.54 Å². The molecule has 4 amide bonds. The third kappa shape index (κ3) is 2.15. The van der Waals surface area contributed by atoms with Gasteiger partial charge in [-0.1, -0.05) is 18.2 Å². The Labute approximate surface area is 149 Å². The molecule has 1 unspecified atom stereocenters. The molecule has 134 valence electrons. The van der Waals surface area contributed by atoms with Crippen LogP contribution >= 0.6 is 0 Å². The number of imide groups is 1. The maximum atomic E-state index is 13.0. The minimum atomic E-state index is -1.06. The second-order valence-corrected chi connectivity index (χ2v) is 6.83. The van der Waals surface area contributed by atoms with E-state index in [1.54, 1.807) is 31.3 Å². The number of urea groups is 1. The van der Waals surface area contributed by atoms with E-state index in [2.05, 4.69) is 5.32 Å². The van der Waals surface area contributed by atoms with Crippen molar-refractivity contribution in [1.29, 1.82) is 0 Å². The van der Waals surface area contributed by atoms with E-state index < -0.39 is 11.6 Å². The van der Waals surface area contributed by atoms with Crippen LogP contribution in [0.4, 0.5) is 4.79 Å². The van der Waals surface area contributed by atoms with Crippen LogP contribution in [0.2, 0.25) is 0 Å². The quantitative estimate of drug-likeness (QED) is 0.746.